The molecule has 0 aliphatic rings. The molecule has 0 fully saturated rings. The lowest BCUT2D eigenvalue weighted by Crippen LogP contribution is -2.31. The second-order valence-electron chi connectivity index (χ2n) is 8.00. The van der Waals surface area contributed by atoms with Gasteiger partial charge >= 0.3 is 0 Å². The highest BCUT2D eigenvalue weighted by atomic mass is 28.2. The van der Waals surface area contributed by atoms with Crippen LogP contribution in [0.2, 0.25) is 12.1 Å². The minimum atomic E-state index is -0.298. The summed E-state index contributed by atoms with van der Waals surface area (Å²) in [6.07, 6.45) is 2.20. The van der Waals surface area contributed by atoms with E-state index in [1.165, 1.54) is 0 Å². The quantitative estimate of drug-likeness (QED) is 0.0991. The summed E-state index contributed by atoms with van der Waals surface area (Å²) in [6, 6.07) is 41.6. The minimum absolute atomic E-state index is 0.298. The molecule has 0 spiro atoms. The van der Waals surface area contributed by atoms with Gasteiger partial charge in [0.1, 0.15) is 23.0 Å². The molecule has 0 saturated heterocycles. The van der Waals surface area contributed by atoms with Gasteiger partial charge in [0, 0.05) is 0 Å². The van der Waals surface area contributed by atoms with Crippen molar-refractivity contribution < 1.29 is 18.9 Å². The summed E-state index contributed by atoms with van der Waals surface area (Å²) in [4.78, 5) is 0. The van der Waals surface area contributed by atoms with E-state index in [4.69, 9.17) is 18.9 Å². The Bertz CT molecular complexity index is 925. The molecule has 6 heteroatoms. The summed E-state index contributed by atoms with van der Waals surface area (Å²) in [5.41, 5.74) is 0. The Hall–Kier alpha value is -3.49. The third-order valence-corrected chi connectivity index (χ3v) is 7.59. The second-order valence-corrected chi connectivity index (χ2v) is 10.8. The molecule has 0 aliphatic carbocycles. The molecule has 4 radical (unpaired) electrons. The van der Waals surface area contributed by atoms with Gasteiger partial charge in [-0.05, 0) is 48.5 Å². The molecule has 0 bridgehead atoms. The zero-order chi connectivity index (χ0) is 24.7. The Morgan fingerprint density at radius 3 is 0.889 bits per heavy atom. The van der Waals surface area contributed by atoms with Crippen molar-refractivity contribution in [2.45, 2.75) is 36.8 Å². The van der Waals surface area contributed by atoms with Crippen molar-refractivity contribution in [1.82, 2.24) is 0 Å². The number of hydrogen-bond donors (Lipinski definition) is 0. The number of unbranched alkanes of at least 4 members (excludes halogenated alkanes) is 1. The fraction of sp³-hybridized carbons (Fsp3) is 0.200. The Morgan fingerprint density at radius 2 is 0.639 bits per heavy atom. The van der Waals surface area contributed by atoms with Crippen molar-refractivity contribution >= 4 is 19.0 Å². The molecule has 0 aromatic heterocycles. The molecule has 0 atom stereocenters. The predicted molar refractivity (Wildman–Crippen MR) is 146 cm³/mol. The molecule has 0 N–H and O–H groups in total. The van der Waals surface area contributed by atoms with Gasteiger partial charge in [-0.15, -0.1) is 0 Å². The van der Waals surface area contributed by atoms with Crippen LogP contribution in [0.4, 0.5) is 0 Å². The van der Waals surface area contributed by atoms with Gasteiger partial charge in [0.25, 0.3) is 0 Å². The number of para-hydroxylation sites is 4. The largest absolute Gasteiger partial charge is 0.460 e. The maximum absolute atomic E-state index is 6.15. The van der Waals surface area contributed by atoms with Crippen LogP contribution >= 0.6 is 0 Å². The Kier molecular flexibility index (Phi) is 10.5. The van der Waals surface area contributed by atoms with Crippen LogP contribution in [-0.4, -0.2) is 30.9 Å². The van der Waals surface area contributed by atoms with Gasteiger partial charge in [-0.2, -0.15) is 0 Å². The van der Waals surface area contributed by atoms with E-state index in [1.54, 1.807) is 0 Å². The molecule has 0 amide bonds. The number of benzene rings is 4. The average molecular weight is 511 g/mol. The first-order valence-electron chi connectivity index (χ1n) is 12.2. The second kappa shape index (κ2) is 14.8. The van der Waals surface area contributed by atoms with Gasteiger partial charge in [-0.3, -0.25) is 0 Å². The van der Waals surface area contributed by atoms with Crippen molar-refractivity contribution in [2.24, 2.45) is 0 Å². The van der Waals surface area contributed by atoms with E-state index in [-0.39, 0.29) is 11.8 Å². The van der Waals surface area contributed by atoms with Gasteiger partial charge < -0.3 is 18.9 Å². The third kappa shape index (κ3) is 9.28. The summed E-state index contributed by atoms with van der Waals surface area (Å²) in [6.45, 7) is 0. The first-order valence-corrected chi connectivity index (χ1v) is 14.8. The predicted octanol–water partition coefficient (Wildman–Crippen LogP) is 6.89. The number of ether oxygens (including phenoxy) is 4. The standard InChI is InChI=1S/C30H30O4Si2/c1-5-15-25(16-6-1)31-29(32-26-17-7-2-8-18-26)35-23-13-14-24-36-30(33-27-19-9-3-10-20-27)34-28-21-11-4-12-22-28/h1-12,15-22,29-30H,13-14,23-24H2. The van der Waals surface area contributed by atoms with Crippen molar-refractivity contribution in [3.05, 3.63) is 121 Å². The monoisotopic (exact) mass is 510 g/mol. The molecule has 36 heavy (non-hydrogen) atoms. The average Bonchev–Trinajstić information content (AvgIpc) is 2.93. The number of rotatable bonds is 15. The molecule has 4 nitrogen and oxygen atoms in total. The SMILES string of the molecule is c1ccc(OC(Oc2ccccc2)[Si]CCCC[Si]C(Oc2ccccc2)Oc2ccccc2)cc1. The molecule has 4 aromatic carbocycles. The zero-order valence-electron chi connectivity index (χ0n) is 20.2. The highest BCUT2D eigenvalue weighted by Crippen LogP contribution is 2.18. The zero-order valence-corrected chi connectivity index (χ0v) is 22.2. The van der Waals surface area contributed by atoms with Crippen LogP contribution in [0.15, 0.2) is 121 Å². The van der Waals surface area contributed by atoms with Gasteiger partial charge in [-0.1, -0.05) is 97.7 Å². The fourth-order valence-electron chi connectivity index (χ4n) is 3.40. The van der Waals surface area contributed by atoms with Crippen LogP contribution in [0.1, 0.15) is 12.8 Å². The summed E-state index contributed by atoms with van der Waals surface area (Å²) in [5.74, 6) is 2.70. The Morgan fingerprint density at radius 1 is 0.389 bits per heavy atom. The lowest BCUT2D eigenvalue weighted by atomic mass is 10.3. The Labute approximate surface area is 218 Å². The van der Waals surface area contributed by atoms with Gasteiger partial charge in [0.05, 0.1) is 0 Å². The van der Waals surface area contributed by atoms with E-state index in [9.17, 15) is 0 Å². The van der Waals surface area contributed by atoms with Gasteiger partial charge in [0.2, 0.25) is 11.8 Å². The van der Waals surface area contributed by atoms with E-state index in [2.05, 4.69) is 0 Å². The normalized spacial score (nSPS) is 10.8. The molecular formula is C30H30O4Si2. The lowest BCUT2D eigenvalue weighted by Gasteiger charge is -2.21. The van der Waals surface area contributed by atoms with Crippen molar-refractivity contribution in [3.8, 4) is 23.0 Å². The molecule has 4 rings (SSSR count). The van der Waals surface area contributed by atoms with Crippen molar-refractivity contribution in [2.75, 3.05) is 0 Å². The number of hydrogen-bond acceptors (Lipinski definition) is 4. The summed E-state index contributed by atoms with van der Waals surface area (Å²) in [5, 5.41) is 0. The molecule has 0 heterocycles. The minimum Gasteiger partial charge on any atom is -0.460 e. The van der Waals surface area contributed by atoms with Gasteiger partial charge in [0.15, 0.2) is 19.0 Å². The fourth-order valence-corrected chi connectivity index (χ4v) is 5.65. The molecule has 4 aromatic rings. The topological polar surface area (TPSA) is 36.9 Å². The van der Waals surface area contributed by atoms with Crippen LogP contribution < -0.4 is 18.9 Å². The highest BCUT2D eigenvalue weighted by Gasteiger charge is 2.16. The lowest BCUT2D eigenvalue weighted by molar-refractivity contribution is 0.0724. The summed E-state index contributed by atoms with van der Waals surface area (Å²) in [7, 11) is 1.06. The summed E-state index contributed by atoms with van der Waals surface area (Å²) < 4.78 is 24.6. The van der Waals surface area contributed by atoms with E-state index >= 15 is 0 Å². The first kappa shape index (κ1) is 25.6. The van der Waals surface area contributed by atoms with E-state index in [0.29, 0.717) is 19.0 Å². The van der Waals surface area contributed by atoms with Crippen LogP contribution in [0, 0.1) is 0 Å². The first-order chi connectivity index (χ1) is 17.8. The molecule has 0 unspecified atom stereocenters. The third-order valence-electron chi connectivity index (χ3n) is 5.17. The maximum atomic E-state index is 6.15. The molecule has 182 valence electrons. The smallest absolute Gasteiger partial charge is 0.215 e. The molecular weight excluding hydrogens is 480 g/mol. The van der Waals surface area contributed by atoms with Crippen molar-refractivity contribution in [3.63, 3.8) is 0 Å². The summed E-state index contributed by atoms with van der Waals surface area (Å²) >= 11 is 0. The van der Waals surface area contributed by atoms with Crippen LogP contribution in [0.5, 0.6) is 23.0 Å². The molecule has 0 saturated carbocycles. The van der Waals surface area contributed by atoms with Crippen LogP contribution in [0.25, 0.3) is 0 Å². The van der Waals surface area contributed by atoms with Crippen LogP contribution in [-0.2, 0) is 0 Å². The van der Waals surface area contributed by atoms with Gasteiger partial charge in [-0.25, -0.2) is 0 Å². The van der Waals surface area contributed by atoms with E-state index in [1.807, 2.05) is 121 Å². The highest BCUT2D eigenvalue weighted by molar-refractivity contribution is 6.37. The Balaban J connectivity index is 1.24. The van der Waals surface area contributed by atoms with E-state index in [0.717, 1.165) is 47.9 Å². The van der Waals surface area contributed by atoms with Crippen LogP contribution in [0.3, 0.4) is 0 Å². The maximum Gasteiger partial charge on any atom is 0.215 e. The van der Waals surface area contributed by atoms with Crippen molar-refractivity contribution in [1.29, 1.82) is 0 Å². The van der Waals surface area contributed by atoms with E-state index < -0.39 is 0 Å². The molecule has 0 aliphatic heterocycles.